The quantitative estimate of drug-likeness (QED) is 0.319. The van der Waals surface area contributed by atoms with E-state index in [1.807, 2.05) is 30.3 Å². The zero-order chi connectivity index (χ0) is 26.7. The Bertz CT molecular complexity index is 1440. The van der Waals surface area contributed by atoms with Crippen LogP contribution in [0.4, 0.5) is 4.39 Å². The van der Waals surface area contributed by atoms with Gasteiger partial charge in [0.05, 0.1) is 24.4 Å². The van der Waals surface area contributed by atoms with Gasteiger partial charge in [0.15, 0.2) is 0 Å². The first kappa shape index (κ1) is 25.9. The molecule has 3 heterocycles. The molecule has 1 unspecified atom stereocenters. The van der Waals surface area contributed by atoms with Crippen molar-refractivity contribution in [3.63, 3.8) is 0 Å². The van der Waals surface area contributed by atoms with Crippen LogP contribution in [-0.2, 0) is 21.7 Å². The highest BCUT2D eigenvalue weighted by atomic mass is 35.5. The molecule has 4 aromatic rings. The van der Waals surface area contributed by atoms with Crippen LogP contribution in [0.15, 0.2) is 72.9 Å². The normalized spacial score (nSPS) is 15.8. The number of carbonyl (C=O) groups excluding carboxylic acids is 2. The highest BCUT2D eigenvalue weighted by molar-refractivity contribution is 6.30. The van der Waals surface area contributed by atoms with Crippen molar-refractivity contribution >= 4 is 34.3 Å². The van der Waals surface area contributed by atoms with E-state index in [1.165, 1.54) is 24.3 Å². The van der Waals surface area contributed by atoms with Gasteiger partial charge in [0.2, 0.25) is 0 Å². The van der Waals surface area contributed by atoms with Crippen LogP contribution in [0.25, 0.3) is 10.9 Å². The molecule has 1 atom stereocenters. The Labute approximate surface area is 225 Å². The van der Waals surface area contributed by atoms with Gasteiger partial charge < -0.3 is 19.9 Å². The molecule has 1 aliphatic rings. The molecule has 9 heteroatoms. The van der Waals surface area contributed by atoms with Gasteiger partial charge in [0.1, 0.15) is 22.2 Å². The number of H-pyrrole nitrogens is 1. The Morgan fingerprint density at radius 1 is 1.13 bits per heavy atom. The number of amides is 2. The Balaban J connectivity index is 1.32. The summed E-state index contributed by atoms with van der Waals surface area (Å²) in [7, 11) is 0. The third-order valence-electron chi connectivity index (χ3n) is 6.99. The van der Waals surface area contributed by atoms with Crippen molar-refractivity contribution in [1.82, 2.24) is 20.2 Å². The summed E-state index contributed by atoms with van der Waals surface area (Å²) < 4.78 is 19.8. The van der Waals surface area contributed by atoms with E-state index in [2.05, 4.69) is 15.3 Å². The number of fused-ring (bicyclic) bond motifs is 1. The second kappa shape index (κ2) is 10.9. The van der Waals surface area contributed by atoms with Gasteiger partial charge in [-0.2, -0.15) is 0 Å². The number of hydrogen-bond acceptors (Lipinski definition) is 4. The van der Waals surface area contributed by atoms with E-state index in [9.17, 15) is 14.0 Å². The standard InChI is InChI=1S/C29H28ClFN4O3/c1-29(21-7-9-22(31)10-8-21,34-27(36)24-15-20-16-26(30)32-17-25(20)33-24)28(37)35-13-11-23(12-14-35)38-18-19-5-3-2-4-6-19/h2-10,15-17,23,33H,11-14,18H2,1H3,(H,34,36). The Kier molecular flexibility index (Phi) is 7.44. The number of rotatable bonds is 7. The summed E-state index contributed by atoms with van der Waals surface area (Å²) in [6.07, 6.45) is 2.95. The minimum Gasteiger partial charge on any atom is -0.373 e. The van der Waals surface area contributed by atoms with Crippen LogP contribution in [0, 0.1) is 5.82 Å². The summed E-state index contributed by atoms with van der Waals surface area (Å²) >= 11 is 5.98. The van der Waals surface area contributed by atoms with Crippen LogP contribution < -0.4 is 5.32 Å². The maximum atomic E-state index is 13.9. The van der Waals surface area contributed by atoms with E-state index in [4.69, 9.17) is 16.3 Å². The summed E-state index contributed by atoms with van der Waals surface area (Å²) in [6, 6.07) is 18.9. The topological polar surface area (TPSA) is 87.3 Å². The predicted octanol–water partition coefficient (Wildman–Crippen LogP) is 5.21. The molecule has 2 amide bonds. The molecular weight excluding hydrogens is 507 g/mol. The third-order valence-corrected chi connectivity index (χ3v) is 7.19. The molecule has 5 rings (SSSR count). The van der Waals surface area contributed by atoms with E-state index >= 15 is 0 Å². The molecule has 0 radical (unpaired) electrons. The van der Waals surface area contributed by atoms with Crippen molar-refractivity contribution in [2.75, 3.05) is 13.1 Å². The average Bonchev–Trinajstić information content (AvgIpc) is 3.36. The SMILES string of the molecule is CC(NC(=O)c1cc2cc(Cl)ncc2[nH]1)(C(=O)N1CCC(OCc2ccccc2)CC1)c1ccc(F)cc1. The Morgan fingerprint density at radius 2 is 1.84 bits per heavy atom. The number of aromatic amines is 1. The number of ether oxygens (including phenoxy) is 1. The number of carbonyl (C=O) groups is 2. The third kappa shape index (κ3) is 5.56. The van der Waals surface area contributed by atoms with Gasteiger partial charge in [0, 0.05) is 18.5 Å². The van der Waals surface area contributed by atoms with Crippen molar-refractivity contribution in [3.8, 4) is 0 Å². The number of hydrogen-bond donors (Lipinski definition) is 2. The molecule has 196 valence electrons. The Morgan fingerprint density at radius 3 is 2.55 bits per heavy atom. The van der Waals surface area contributed by atoms with Gasteiger partial charge in [-0.05, 0) is 55.2 Å². The van der Waals surface area contributed by atoms with Gasteiger partial charge in [-0.25, -0.2) is 9.37 Å². The molecule has 1 aliphatic heterocycles. The van der Waals surface area contributed by atoms with E-state index in [0.717, 1.165) is 10.9 Å². The van der Waals surface area contributed by atoms with E-state index < -0.39 is 17.3 Å². The average molecular weight is 535 g/mol. The van der Waals surface area contributed by atoms with Crippen molar-refractivity contribution < 1.29 is 18.7 Å². The van der Waals surface area contributed by atoms with E-state index in [0.29, 0.717) is 48.8 Å². The minimum atomic E-state index is -1.42. The molecule has 2 aromatic heterocycles. The second-order valence-electron chi connectivity index (χ2n) is 9.65. The maximum Gasteiger partial charge on any atom is 0.268 e. The van der Waals surface area contributed by atoms with E-state index in [-0.39, 0.29) is 17.7 Å². The fourth-order valence-corrected chi connectivity index (χ4v) is 4.95. The molecule has 0 bridgehead atoms. The molecule has 0 spiro atoms. The zero-order valence-corrected chi connectivity index (χ0v) is 21.7. The molecule has 38 heavy (non-hydrogen) atoms. The van der Waals surface area contributed by atoms with Crippen LogP contribution in [0.3, 0.4) is 0 Å². The van der Waals surface area contributed by atoms with Crippen LogP contribution >= 0.6 is 11.6 Å². The van der Waals surface area contributed by atoms with Gasteiger partial charge in [-0.3, -0.25) is 9.59 Å². The van der Waals surface area contributed by atoms with Crippen LogP contribution in [-0.4, -0.2) is 45.9 Å². The number of pyridine rings is 1. The Hall–Kier alpha value is -3.75. The number of piperidine rings is 1. The van der Waals surface area contributed by atoms with Crippen molar-refractivity contribution in [1.29, 1.82) is 0 Å². The first-order valence-electron chi connectivity index (χ1n) is 12.5. The number of nitrogens with zero attached hydrogens (tertiary/aromatic N) is 2. The number of aromatic nitrogens is 2. The lowest BCUT2D eigenvalue weighted by molar-refractivity contribution is -0.140. The molecule has 1 fully saturated rings. The van der Waals surface area contributed by atoms with Gasteiger partial charge in [0.25, 0.3) is 11.8 Å². The number of benzene rings is 2. The van der Waals surface area contributed by atoms with E-state index in [1.54, 1.807) is 30.2 Å². The maximum absolute atomic E-state index is 13.9. The van der Waals surface area contributed by atoms with Crippen LogP contribution in [0.1, 0.15) is 41.4 Å². The molecule has 7 nitrogen and oxygen atoms in total. The monoisotopic (exact) mass is 534 g/mol. The zero-order valence-electron chi connectivity index (χ0n) is 20.9. The molecule has 2 aromatic carbocycles. The molecule has 2 N–H and O–H groups in total. The summed E-state index contributed by atoms with van der Waals surface area (Å²) in [5, 5.41) is 3.94. The number of nitrogens with one attached hydrogen (secondary N) is 2. The lowest BCUT2D eigenvalue weighted by atomic mass is 9.89. The summed E-state index contributed by atoms with van der Waals surface area (Å²) in [5.74, 6) is -1.16. The summed E-state index contributed by atoms with van der Waals surface area (Å²) in [6.45, 7) is 3.15. The second-order valence-corrected chi connectivity index (χ2v) is 10.0. The van der Waals surface area contributed by atoms with Crippen molar-refractivity contribution in [2.45, 2.75) is 38.0 Å². The van der Waals surface area contributed by atoms with Crippen molar-refractivity contribution in [3.05, 3.63) is 101 Å². The lowest BCUT2D eigenvalue weighted by Gasteiger charge is -2.39. The predicted molar refractivity (Wildman–Crippen MR) is 143 cm³/mol. The summed E-state index contributed by atoms with van der Waals surface area (Å²) in [4.78, 5) is 36.1. The number of likely N-dealkylation sites (tertiary alicyclic amines) is 1. The van der Waals surface area contributed by atoms with Crippen LogP contribution in [0.5, 0.6) is 0 Å². The highest BCUT2D eigenvalue weighted by Gasteiger charge is 2.41. The smallest absolute Gasteiger partial charge is 0.268 e. The van der Waals surface area contributed by atoms with Gasteiger partial charge >= 0.3 is 0 Å². The highest BCUT2D eigenvalue weighted by Crippen LogP contribution is 2.28. The summed E-state index contributed by atoms with van der Waals surface area (Å²) in [5.41, 5.74) is 1.08. The van der Waals surface area contributed by atoms with Gasteiger partial charge in [-0.15, -0.1) is 0 Å². The lowest BCUT2D eigenvalue weighted by Crippen LogP contribution is -2.57. The van der Waals surface area contributed by atoms with Gasteiger partial charge in [-0.1, -0.05) is 54.1 Å². The molecule has 0 aliphatic carbocycles. The first-order valence-corrected chi connectivity index (χ1v) is 12.9. The first-order chi connectivity index (χ1) is 18.3. The van der Waals surface area contributed by atoms with Crippen LogP contribution in [0.2, 0.25) is 5.15 Å². The largest absolute Gasteiger partial charge is 0.373 e. The van der Waals surface area contributed by atoms with Crippen molar-refractivity contribution in [2.24, 2.45) is 0 Å². The fourth-order valence-electron chi connectivity index (χ4n) is 4.78. The minimum absolute atomic E-state index is 0.0395. The molecule has 1 saturated heterocycles. The molecular formula is C29H28ClFN4O3. The molecule has 0 saturated carbocycles. The number of halogens is 2. The fraction of sp³-hybridized carbons (Fsp3) is 0.276.